The lowest BCUT2D eigenvalue weighted by Crippen LogP contribution is -1.94. The summed E-state index contributed by atoms with van der Waals surface area (Å²) in [7, 11) is -3.12. The number of thioether (sulfide) groups is 1. The maximum Gasteiger partial charge on any atom is 0.185 e. The van der Waals surface area contributed by atoms with Gasteiger partial charge in [-0.2, -0.15) is 0 Å². The molecule has 0 spiro atoms. The van der Waals surface area contributed by atoms with Crippen LogP contribution < -0.4 is 0 Å². The van der Waals surface area contributed by atoms with Gasteiger partial charge in [0.2, 0.25) is 0 Å². The molecule has 0 saturated heterocycles. The van der Waals surface area contributed by atoms with Crippen molar-refractivity contribution in [3.05, 3.63) is 11.1 Å². The molecular formula is C27H46O2S4. The molecule has 0 aliphatic carbocycles. The van der Waals surface area contributed by atoms with E-state index in [0.717, 1.165) is 5.56 Å². The average Bonchev–Trinajstić information content (AvgIpc) is 3.26. The van der Waals surface area contributed by atoms with E-state index in [2.05, 4.69) is 13.8 Å². The van der Waals surface area contributed by atoms with Crippen LogP contribution >= 0.6 is 34.4 Å². The van der Waals surface area contributed by atoms with Crippen molar-refractivity contribution in [2.45, 2.75) is 132 Å². The molecule has 0 aliphatic rings. The predicted molar refractivity (Wildman–Crippen MR) is 153 cm³/mol. The van der Waals surface area contributed by atoms with Gasteiger partial charge in [0.25, 0.3) is 0 Å². The highest BCUT2D eigenvalue weighted by Crippen LogP contribution is 2.45. The van der Waals surface area contributed by atoms with Gasteiger partial charge >= 0.3 is 0 Å². The largest absolute Gasteiger partial charge is 0.223 e. The number of sulfone groups is 1. The topological polar surface area (TPSA) is 34.1 Å². The smallest absolute Gasteiger partial charge is 0.185 e. The summed E-state index contributed by atoms with van der Waals surface area (Å²) in [6.07, 6.45) is 23.8. The van der Waals surface area contributed by atoms with Crippen molar-refractivity contribution in [1.29, 1.82) is 0 Å². The summed E-state index contributed by atoms with van der Waals surface area (Å²) in [5, 5.41) is 0. The number of hydrogen-bond acceptors (Lipinski definition) is 5. The monoisotopic (exact) mass is 530 g/mol. The van der Waals surface area contributed by atoms with E-state index >= 15 is 0 Å². The molecule has 0 bridgehead atoms. The molecule has 2 heterocycles. The highest BCUT2D eigenvalue weighted by atomic mass is 32.2. The Morgan fingerprint density at radius 1 is 0.636 bits per heavy atom. The number of rotatable bonds is 19. The zero-order valence-corrected chi connectivity index (χ0v) is 24.7. The van der Waals surface area contributed by atoms with Crippen molar-refractivity contribution in [2.75, 3.05) is 12.0 Å². The van der Waals surface area contributed by atoms with Gasteiger partial charge in [-0.05, 0) is 37.1 Å². The standard InChI is InChI=1S/C27H46O2S4/c1-5-6-7-8-9-10-11-12-13-14-15-16-17-18-19-20-21-30-26-22(2)24-25(31-26)23(3)27(32-24)33(4,28)29/h5-21H2,1-4H3. The SMILES string of the molecule is CCCCCCCCCCCCCCCCCCSc1sc2c(C)c(S(C)(=O)=O)sc2c1C. The van der Waals surface area contributed by atoms with Crippen molar-refractivity contribution in [2.24, 2.45) is 0 Å². The predicted octanol–water partition coefficient (Wildman–Crippen LogP) is 10.3. The highest BCUT2D eigenvalue weighted by Gasteiger charge is 2.21. The number of unbranched alkanes of at least 4 members (excludes halogenated alkanes) is 15. The van der Waals surface area contributed by atoms with E-state index in [9.17, 15) is 8.42 Å². The van der Waals surface area contributed by atoms with Gasteiger partial charge in [-0.3, -0.25) is 0 Å². The van der Waals surface area contributed by atoms with Gasteiger partial charge in [0, 0.05) is 6.26 Å². The molecule has 0 amide bonds. The second kappa shape index (κ2) is 15.9. The first kappa shape index (κ1) is 29.2. The van der Waals surface area contributed by atoms with Crippen LogP contribution in [0.4, 0.5) is 0 Å². The Balaban J connectivity index is 1.47. The Morgan fingerprint density at radius 2 is 1.06 bits per heavy atom. The number of hydrogen-bond donors (Lipinski definition) is 0. The van der Waals surface area contributed by atoms with Crippen LogP contribution in [0, 0.1) is 13.8 Å². The Hall–Kier alpha value is -0.0400. The third kappa shape index (κ3) is 10.2. The van der Waals surface area contributed by atoms with Gasteiger partial charge in [0.1, 0.15) is 4.21 Å². The molecule has 2 aromatic rings. The number of fused-ring (bicyclic) bond motifs is 1. The molecule has 190 valence electrons. The molecule has 6 heteroatoms. The molecule has 0 atom stereocenters. The first-order chi connectivity index (χ1) is 15.9. The maximum absolute atomic E-state index is 12.0. The zero-order chi connectivity index (χ0) is 24.1. The minimum Gasteiger partial charge on any atom is -0.223 e. The quantitative estimate of drug-likeness (QED) is 0.134. The lowest BCUT2D eigenvalue weighted by molar-refractivity contribution is 0.532. The first-order valence-electron chi connectivity index (χ1n) is 13.2. The van der Waals surface area contributed by atoms with Crippen molar-refractivity contribution < 1.29 is 8.42 Å². The summed E-state index contributed by atoms with van der Waals surface area (Å²) in [5.41, 5.74) is 2.22. The summed E-state index contributed by atoms with van der Waals surface area (Å²) >= 11 is 5.20. The second-order valence-electron chi connectivity index (χ2n) is 9.61. The molecule has 0 aliphatic heterocycles. The normalized spacial score (nSPS) is 12.2. The Labute approximate surface area is 216 Å². The molecule has 0 unspecified atom stereocenters. The van der Waals surface area contributed by atoms with Crippen molar-refractivity contribution in [1.82, 2.24) is 0 Å². The molecule has 0 radical (unpaired) electrons. The molecule has 0 aromatic carbocycles. The third-order valence-electron chi connectivity index (χ3n) is 6.46. The molecular weight excluding hydrogens is 485 g/mol. The Morgan fingerprint density at radius 3 is 1.48 bits per heavy atom. The first-order valence-corrected chi connectivity index (χ1v) is 17.7. The van der Waals surface area contributed by atoms with E-state index in [1.807, 2.05) is 18.7 Å². The van der Waals surface area contributed by atoms with E-state index in [4.69, 9.17) is 0 Å². The van der Waals surface area contributed by atoms with Crippen LogP contribution in [0.15, 0.2) is 8.42 Å². The van der Waals surface area contributed by atoms with Gasteiger partial charge in [0.15, 0.2) is 9.84 Å². The van der Waals surface area contributed by atoms with E-state index in [1.54, 1.807) is 11.3 Å². The molecule has 0 fully saturated rings. The van der Waals surface area contributed by atoms with Crippen molar-refractivity contribution in [3.63, 3.8) is 0 Å². The molecule has 0 N–H and O–H groups in total. The van der Waals surface area contributed by atoms with Crippen LogP contribution in [-0.4, -0.2) is 20.4 Å². The summed E-state index contributed by atoms with van der Waals surface area (Å²) < 4.78 is 28.2. The van der Waals surface area contributed by atoms with Crippen LogP contribution in [-0.2, 0) is 9.84 Å². The van der Waals surface area contributed by atoms with Crippen LogP contribution in [0.5, 0.6) is 0 Å². The lowest BCUT2D eigenvalue weighted by atomic mass is 10.0. The maximum atomic E-state index is 12.0. The van der Waals surface area contributed by atoms with Crippen LogP contribution in [0.3, 0.4) is 0 Å². The fourth-order valence-corrected chi connectivity index (χ4v) is 9.91. The minimum absolute atomic E-state index is 0.543. The van der Waals surface area contributed by atoms with E-state index in [-0.39, 0.29) is 0 Å². The van der Waals surface area contributed by atoms with Gasteiger partial charge in [-0.25, -0.2) is 8.42 Å². The minimum atomic E-state index is -3.12. The van der Waals surface area contributed by atoms with Crippen molar-refractivity contribution in [3.8, 4) is 0 Å². The molecule has 2 aromatic heterocycles. The molecule has 33 heavy (non-hydrogen) atoms. The summed E-state index contributed by atoms with van der Waals surface area (Å²) in [4.78, 5) is 0. The summed E-state index contributed by atoms with van der Waals surface area (Å²) in [6, 6.07) is 0. The van der Waals surface area contributed by atoms with E-state index in [1.165, 1.54) is 145 Å². The van der Waals surface area contributed by atoms with Crippen LogP contribution in [0.25, 0.3) is 9.40 Å². The third-order valence-corrected chi connectivity index (χ3v) is 12.8. The Bertz CT molecular complexity index is 908. The summed E-state index contributed by atoms with van der Waals surface area (Å²) in [6.45, 7) is 6.39. The fraction of sp³-hybridized carbons (Fsp3) is 0.778. The van der Waals surface area contributed by atoms with Gasteiger partial charge in [0.05, 0.1) is 13.6 Å². The second-order valence-corrected chi connectivity index (χ2v) is 15.2. The van der Waals surface area contributed by atoms with Gasteiger partial charge in [-0.1, -0.05) is 103 Å². The average molecular weight is 531 g/mol. The number of aryl methyl sites for hydroxylation is 2. The zero-order valence-electron chi connectivity index (χ0n) is 21.5. The Kier molecular flexibility index (Phi) is 14.0. The molecule has 2 rings (SSSR count). The highest BCUT2D eigenvalue weighted by molar-refractivity contribution is 8.01. The van der Waals surface area contributed by atoms with Crippen molar-refractivity contribution >= 4 is 53.7 Å². The van der Waals surface area contributed by atoms with E-state index < -0.39 is 9.84 Å². The summed E-state index contributed by atoms with van der Waals surface area (Å²) in [5.74, 6) is 1.17. The van der Waals surface area contributed by atoms with Gasteiger partial charge in [-0.15, -0.1) is 34.4 Å². The fourth-order valence-electron chi connectivity index (χ4n) is 4.42. The lowest BCUT2D eigenvalue weighted by Gasteiger charge is -2.04. The van der Waals surface area contributed by atoms with Crippen LogP contribution in [0.2, 0.25) is 0 Å². The van der Waals surface area contributed by atoms with E-state index in [0.29, 0.717) is 4.21 Å². The van der Waals surface area contributed by atoms with Crippen LogP contribution in [0.1, 0.15) is 121 Å². The molecule has 2 nitrogen and oxygen atoms in total. The van der Waals surface area contributed by atoms with Gasteiger partial charge < -0.3 is 0 Å². The number of thiophene rings is 2. The molecule has 0 saturated carbocycles.